The van der Waals surface area contributed by atoms with E-state index in [4.69, 9.17) is 14.2 Å². The van der Waals surface area contributed by atoms with Crippen molar-refractivity contribution in [1.29, 1.82) is 0 Å². The summed E-state index contributed by atoms with van der Waals surface area (Å²) in [4.78, 5) is 29.1. The molecule has 1 saturated carbocycles. The number of amides is 2. The summed E-state index contributed by atoms with van der Waals surface area (Å²) in [6, 6.07) is 16.1. The van der Waals surface area contributed by atoms with E-state index in [1.807, 2.05) is 32.0 Å². The first-order chi connectivity index (χ1) is 21.5. The number of hydrogen-bond acceptors (Lipinski definition) is 7. The predicted molar refractivity (Wildman–Crippen MR) is 173 cm³/mol. The Morgan fingerprint density at radius 2 is 1.49 bits per heavy atom. The maximum atomic E-state index is 14.3. The summed E-state index contributed by atoms with van der Waals surface area (Å²) in [6.07, 6.45) is 3.89. The molecule has 0 aromatic heterocycles. The molecule has 1 N–H and O–H groups in total. The van der Waals surface area contributed by atoms with E-state index in [1.54, 1.807) is 38.3 Å². The summed E-state index contributed by atoms with van der Waals surface area (Å²) in [5.74, 6) is 0.472. The van der Waals surface area contributed by atoms with E-state index in [-0.39, 0.29) is 29.1 Å². The van der Waals surface area contributed by atoms with Gasteiger partial charge in [-0.3, -0.25) is 13.9 Å². The molecule has 1 fully saturated rings. The van der Waals surface area contributed by atoms with Crippen molar-refractivity contribution in [2.24, 2.45) is 0 Å². The number of anilines is 1. The Kier molecular flexibility index (Phi) is 11.0. The Morgan fingerprint density at radius 3 is 2.07 bits per heavy atom. The lowest BCUT2D eigenvalue weighted by molar-refractivity contribution is -0.139. The van der Waals surface area contributed by atoms with Crippen LogP contribution in [0.4, 0.5) is 5.69 Å². The summed E-state index contributed by atoms with van der Waals surface area (Å²) < 4.78 is 45.7. The van der Waals surface area contributed by atoms with Crippen LogP contribution in [0.2, 0.25) is 0 Å². The fourth-order valence-corrected chi connectivity index (χ4v) is 7.04. The average Bonchev–Trinajstić information content (AvgIpc) is 3.54. The van der Waals surface area contributed by atoms with Crippen molar-refractivity contribution in [1.82, 2.24) is 10.2 Å². The van der Waals surface area contributed by atoms with Crippen molar-refractivity contribution in [3.05, 3.63) is 77.4 Å². The largest absolute Gasteiger partial charge is 0.497 e. The number of nitrogens with one attached hydrogen (secondary N) is 1. The maximum Gasteiger partial charge on any atom is 0.264 e. The van der Waals surface area contributed by atoms with Crippen molar-refractivity contribution in [3.8, 4) is 17.2 Å². The smallest absolute Gasteiger partial charge is 0.264 e. The van der Waals surface area contributed by atoms with Gasteiger partial charge in [-0.25, -0.2) is 8.42 Å². The fourth-order valence-electron chi connectivity index (χ4n) is 5.63. The second-order valence-electron chi connectivity index (χ2n) is 11.4. The Labute approximate surface area is 266 Å². The van der Waals surface area contributed by atoms with Crippen LogP contribution in [0.25, 0.3) is 0 Å². The van der Waals surface area contributed by atoms with Crippen molar-refractivity contribution in [2.75, 3.05) is 32.2 Å². The zero-order valence-electron chi connectivity index (χ0n) is 26.8. The Hall–Kier alpha value is -4.25. The minimum Gasteiger partial charge on any atom is -0.497 e. The highest BCUT2D eigenvalue weighted by Gasteiger charge is 2.34. The minimum absolute atomic E-state index is 0.0649. The topological polar surface area (TPSA) is 114 Å². The van der Waals surface area contributed by atoms with Gasteiger partial charge in [0.25, 0.3) is 10.0 Å². The highest BCUT2D eigenvalue weighted by Crippen LogP contribution is 2.33. The van der Waals surface area contributed by atoms with Crippen LogP contribution >= 0.6 is 0 Å². The number of carbonyl (C=O) groups is 2. The molecule has 1 aliphatic carbocycles. The third kappa shape index (κ3) is 8.08. The fraction of sp³-hybridized carbons (Fsp3) is 0.412. The average molecular weight is 638 g/mol. The SMILES string of the molecule is COc1ccc(CN(C(=O)CN(c2cc(C)cc(C)c2)S(=O)(=O)c2ccc(OC)c(OC)c2)[C@@H](C)C(=O)NC2CCCC2)cc1. The van der Waals surface area contributed by atoms with Gasteiger partial charge in [0, 0.05) is 18.7 Å². The normalized spacial score (nSPS) is 14.0. The third-order valence-corrected chi connectivity index (χ3v) is 9.87. The lowest BCUT2D eigenvalue weighted by Gasteiger charge is -2.32. The number of benzene rings is 3. The van der Waals surface area contributed by atoms with Crippen molar-refractivity contribution in [3.63, 3.8) is 0 Å². The first kappa shape index (κ1) is 33.6. The zero-order chi connectivity index (χ0) is 32.7. The summed E-state index contributed by atoms with van der Waals surface area (Å²) in [5, 5.41) is 3.09. The van der Waals surface area contributed by atoms with Crippen LogP contribution in [0, 0.1) is 13.8 Å². The molecule has 2 amide bonds. The predicted octanol–water partition coefficient (Wildman–Crippen LogP) is 5.00. The van der Waals surface area contributed by atoms with Crippen molar-refractivity contribution < 1.29 is 32.2 Å². The lowest BCUT2D eigenvalue weighted by Crippen LogP contribution is -2.52. The first-order valence-corrected chi connectivity index (χ1v) is 16.5. The number of hydrogen-bond donors (Lipinski definition) is 1. The summed E-state index contributed by atoms with van der Waals surface area (Å²) in [5.41, 5.74) is 2.78. The Balaban J connectivity index is 1.74. The summed E-state index contributed by atoms with van der Waals surface area (Å²) >= 11 is 0. The van der Waals surface area contributed by atoms with Gasteiger partial charge in [0.15, 0.2) is 11.5 Å². The van der Waals surface area contributed by atoms with Gasteiger partial charge in [-0.15, -0.1) is 0 Å². The number of ether oxygens (including phenoxy) is 3. The van der Waals surface area contributed by atoms with Crippen LogP contribution in [0.1, 0.15) is 49.3 Å². The highest BCUT2D eigenvalue weighted by atomic mass is 32.2. The summed E-state index contributed by atoms with van der Waals surface area (Å²) in [7, 11) is 0.174. The van der Waals surface area contributed by atoms with Crippen LogP contribution in [0.5, 0.6) is 17.2 Å². The van der Waals surface area contributed by atoms with Gasteiger partial charge in [0.1, 0.15) is 18.3 Å². The van der Waals surface area contributed by atoms with Gasteiger partial charge in [0.05, 0.1) is 31.9 Å². The number of sulfonamides is 1. The van der Waals surface area contributed by atoms with E-state index < -0.39 is 28.5 Å². The Morgan fingerprint density at radius 1 is 0.867 bits per heavy atom. The minimum atomic E-state index is -4.29. The Bertz CT molecular complexity index is 1580. The molecule has 3 aromatic rings. The molecule has 0 radical (unpaired) electrons. The van der Waals surface area contributed by atoms with Gasteiger partial charge >= 0.3 is 0 Å². The summed E-state index contributed by atoms with van der Waals surface area (Å²) in [6.45, 7) is 4.97. The first-order valence-electron chi connectivity index (χ1n) is 15.0. The molecular formula is C34H43N3O7S. The van der Waals surface area contributed by atoms with Gasteiger partial charge in [-0.2, -0.15) is 0 Å². The molecule has 242 valence electrons. The molecule has 1 aliphatic rings. The number of aryl methyl sites for hydroxylation is 2. The zero-order valence-corrected chi connectivity index (χ0v) is 27.6. The molecule has 0 bridgehead atoms. The molecular weight excluding hydrogens is 594 g/mol. The molecule has 0 aliphatic heterocycles. The van der Waals surface area contributed by atoms with Gasteiger partial charge in [-0.1, -0.05) is 31.0 Å². The van der Waals surface area contributed by atoms with E-state index in [9.17, 15) is 18.0 Å². The number of methoxy groups -OCH3 is 3. The van der Waals surface area contributed by atoms with Crippen LogP contribution in [0.3, 0.4) is 0 Å². The quantitative estimate of drug-likeness (QED) is 0.281. The molecule has 4 rings (SSSR count). The van der Waals surface area contributed by atoms with E-state index in [0.29, 0.717) is 17.2 Å². The lowest BCUT2D eigenvalue weighted by atomic mass is 10.1. The van der Waals surface area contributed by atoms with Crippen LogP contribution in [-0.4, -0.2) is 65.1 Å². The molecule has 3 aromatic carbocycles. The van der Waals surface area contributed by atoms with Crippen LogP contribution in [0.15, 0.2) is 65.6 Å². The highest BCUT2D eigenvalue weighted by molar-refractivity contribution is 7.92. The van der Waals surface area contributed by atoms with E-state index in [2.05, 4.69) is 5.32 Å². The number of carbonyl (C=O) groups excluding carboxylic acids is 2. The van der Waals surface area contributed by atoms with Crippen molar-refractivity contribution >= 4 is 27.5 Å². The molecule has 0 unspecified atom stereocenters. The van der Waals surface area contributed by atoms with E-state index in [1.165, 1.54) is 37.3 Å². The van der Waals surface area contributed by atoms with E-state index >= 15 is 0 Å². The molecule has 0 saturated heterocycles. The van der Waals surface area contributed by atoms with Gasteiger partial charge in [-0.05, 0) is 86.7 Å². The monoisotopic (exact) mass is 637 g/mol. The molecule has 11 heteroatoms. The van der Waals surface area contributed by atoms with Gasteiger partial charge < -0.3 is 24.4 Å². The second-order valence-corrected chi connectivity index (χ2v) is 13.3. The van der Waals surface area contributed by atoms with Crippen LogP contribution in [-0.2, 0) is 26.2 Å². The third-order valence-electron chi connectivity index (χ3n) is 8.10. The molecule has 1 atom stereocenters. The second kappa shape index (κ2) is 14.7. The van der Waals surface area contributed by atoms with Crippen LogP contribution < -0.4 is 23.8 Å². The van der Waals surface area contributed by atoms with Crippen molar-refractivity contribution in [2.45, 2.75) is 70.0 Å². The maximum absolute atomic E-state index is 14.3. The number of nitrogens with zero attached hydrogens (tertiary/aromatic N) is 2. The molecule has 0 heterocycles. The molecule has 45 heavy (non-hydrogen) atoms. The number of rotatable bonds is 13. The van der Waals surface area contributed by atoms with Gasteiger partial charge in [0.2, 0.25) is 11.8 Å². The standard InChI is InChI=1S/C34H43N3O7S/c1-23-17-24(2)19-28(18-23)37(45(40,41)30-15-16-31(43-5)32(20-30)44-6)22-33(38)36(21-26-11-13-29(42-4)14-12-26)25(3)34(39)35-27-9-7-8-10-27/h11-20,25,27H,7-10,21-22H2,1-6H3,(H,35,39)/t25-/m0/s1. The van der Waals surface area contributed by atoms with E-state index in [0.717, 1.165) is 46.7 Å². The molecule has 0 spiro atoms. The molecule has 10 nitrogen and oxygen atoms in total.